The average Bonchev–Trinajstić information content (AvgIpc) is 2.85. The SMILES string of the molecule is c1ccc(-c2ccc(OCC[NH+]3CCCCCC3)cc2)cc1. The third-order valence-corrected chi connectivity index (χ3v) is 4.50. The van der Waals surface area contributed by atoms with Crippen LogP contribution in [-0.4, -0.2) is 26.2 Å². The van der Waals surface area contributed by atoms with Crippen molar-refractivity contribution < 1.29 is 9.64 Å². The minimum Gasteiger partial charge on any atom is -0.488 e. The largest absolute Gasteiger partial charge is 0.488 e. The molecule has 2 aromatic rings. The summed E-state index contributed by atoms with van der Waals surface area (Å²) in [4.78, 5) is 1.71. The maximum absolute atomic E-state index is 5.92. The minimum atomic E-state index is 0.819. The van der Waals surface area contributed by atoms with Crippen LogP contribution in [0.2, 0.25) is 0 Å². The van der Waals surface area contributed by atoms with Crippen LogP contribution in [0.1, 0.15) is 25.7 Å². The summed E-state index contributed by atoms with van der Waals surface area (Å²) in [6.45, 7) is 4.58. The zero-order chi connectivity index (χ0) is 15.0. The van der Waals surface area contributed by atoms with Gasteiger partial charge in [0.25, 0.3) is 0 Å². The van der Waals surface area contributed by atoms with Gasteiger partial charge in [-0.2, -0.15) is 0 Å². The molecule has 2 heteroatoms. The first-order valence-electron chi connectivity index (χ1n) is 8.54. The molecule has 1 N–H and O–H groups in total. The summed E-state index contributed by atoms with van der Waals surface area (Å²) in [5, 5.41) is 0. The van der Waals surface area contributed by atoms with Gasteiger partial charge in [-0.15, -0.1) is 0 Å². The predicted octanol–water partition coefficient (Wildman–Crippen LogP) is 3.19. The number of ether oxygens (including phenoxy) is 1. The van der Waals surface area contributed by atoms with E-state index >= 15 is 0 Å². The quantitative estimate of drug-likeness (QED) is 0.894. The van der Waals surface area contributed by atoms with Gasteiger partial charge in [-0.25, -0.2) is 0 Å². The van der Waals surface area contributed by atoms with Gasteiger partial charge < -0.3 is 9.64 Å². The van der Waals surface area contributed by atoms with E-state index in [1.807, 2.05) is 6.07 Å². The topological polar surface area (TPSA) is 13.7 Å². The van der Waals surface area contributed by atoms with Gasteiger partial charge in [0.2, 0.25) is 0 Å². The highest BCUT2D eigenvalue weighted by molar-refractivity contribution is 5.63. The second-order valence-corrected chi connectivity index (χ2v) is 6.15. The molecule has 1 saturated heterocycles. The van der Waals surface area contributed by atoms with Crippen molar-refractivity contribution in [2.75, 3.05) is 26.2 Å². The molecule has 0 aliphatic carbocycles. The standard InChI is InChI=1S/C20H25NO/c1-2-7-15-21(14-6-1)16-17-22-20-12-10-19(11-13-20)18-8-4-3-5-9-18/h3-5,8-13H,1-2,6-7,14-17H2/p+1. The Balaban J connectivity index is 1.49. The average molecular weight is 296 g/mol. The lowest BCUT2D eigenvalue weighted by Gasteiger charge is -2.17. The molecule has 0 aromatic heterocycles. The van der Waals surface area contributed by atoms with Crippen LogP contribution in [0.3, 0.4) is 0 Å². The molecule has 0 amide bonds. The molecule has 1 aliphatic rings. The molecular weight excluding hydrogens is 270 g/mol. The Morgan fingerprint density at radius 3 is 2.05 bits per heavy atom. The Morgan fingerprint density at radius 1 is 0.727 bits per heavy atom. The second-order valence-electron chi connectivity index (χ2n) is 6.15. The van der Waals surface area contributed by atoms with Crippen molar-refractivity contribution in [2.45, 2.75) is 25.7 Å². The number of quaternary nitrogens is 1. The van der Waals surface area contributed by atoms with E-state index in [0.717, 1.165) is 18.9 Å². The zero-order valence-corrected chi connectivity index (χ0v) is 13.3. The number of likely N-dealkylation sites (tertiary alicyclic amines) is 1. The fraction of sp³-hybridized carbons (Fsp3) is 0.400. The third-order valence-electron chi connectivity index (χ3n) is 4.50. The molecule has 0 unspecified atom stereocenters. The molecule has 116 valence electrons. The maximum Gasteiger partial charge on any atom is 0.137 e. The van der Waals surface area contributed by atoms with E-state index in [-0.39, 0.29) is 0 Å². The third kappa shape index (κ3) is 4.35. The van der Waals surface area contributed by atoms with Gasteiger partial charge in [0.1, 0.15) is 18.9 Å². The maximum atomic E-state index is 5.92. The first-order chi connectivity index (χ1) is 10.9. The van der Waals surface area contributed by atoms with Crippen LogP contribution < -0.4 is 9.64 Å². The van der Waals surface area contributed by atoms with Gasteiger partial charge in [0.15, 0.2) is 0 Å². The fourth-order valence-corrected chi connectivity index (χ4v) is 3.17. The predicted molar refractivity (Wildman–Crippen MR) is 91.4 cm³/mol. The first-order valence-corrected chi connectivity index (χ1v) is 8.54. The number of hydrogen-bond acceptors (Lipinski definition) is 1. The normalized spacial score (nSPS) is 16.2. The van der Waals surface area contributed by atoms with Crippen LogP contribution >= 0.6 is 0 Å². The summed E-state index contributed by atoms with van der Waals surface area (Å²) < 4.78 is 5.92. The highest BCUT2D eigenvalue weighted by Crippen LogP contribution is 2.21. The summed E-state index contributed by atoms with van der Waals surface area (Å²) in [5.74, 6) is 0.980. The monoisotopic (exact) mass is 296 g/mol. The van der Waals surface area contributed by atoms with Crippen molar-refractivity contribution in [2.24, 2.45) is 0 Å². The number of benzene rings is 2. The number of hydrogen-bond donors (Lipinski definition) is 1. The van der Waals surface area contributed by atoms with Crippen molar-refractivity contribution in [3.63, 3.8) is 0 Å². The lowest BCUT2D eigenvalue weighted by Crippen LogP contribution is -3.12. The summed E-state index contributed by atoms with van der Waals surface area (Å²) in [6, 6.07) is 18.9. The zero-order valence-electron chi connectivity index (χ0n) is 13.3. The lowest BCUT2D eigenvalue weighted by atomic mass is 10.1. The Bertz CT molecular complexity index is 542. The van der Waals surface area contributed by atoms with E-state index < -0.39 is 0 Å². The van der Waals surface area contributed by atoms with Crippen molar-refractivity contribution in [3.8, 4) is 16.9 Å². The van der Waals surface area contributed by atoms with Crippen LogP contribution in [0.5, 0.6) is 5.75 Å². The van der Waals surface area contributed by atoms with Crippen LogP contribution in [0.25, 0.3) is 11.1 Å². The van der Waals surface area contributed by atoms with Crippen molar-refractivity contribution in [1.82, 2.24) is 0 Å². The highest BCUT2D eigenvalue weighted by atomic mass is 16.5. The second kappa shape index (κ2) is 8.00. The molecular formula is C20H26NO+. The van der Waals surface area contributed by atoms with Crippen LogP contribution in [0.4, 0.5) is 0 Å². The molecule has 1 heterocycles. The molecule has 1 fully saturated rings. The van der Waals surface area contributed by atoms with Gasteiger partial charge in [0.05, 0.1) is 13.1 Å². The van der Waals surface area contributed by atoms with Gasteiger partial charge in [-0.1, -0.05) is 42.5 Å². The molecule has 1 aliphatic heterocycles. The minimum absolute atomic E-state index is 0.819. The Kier molecular flexibility index (Phi) is 5.49. The van der Waals surface area contributed by atoms with E-state index in [9.17, 15) is 0 Å². The fourth-order valence-electron chi connectivity index (χ4n) is 3.17. The Morgan fingerprint density at radius 2 is 1.36 bits per heavy atom. The number of nitrogens with one attached hydrogen (secondary N) is 1. The van der Waals surface area contributed by atoms with Crippen molar-refractivity contribution in [3.05, 3.63) is 54.6 Å². The molecule has 0 spiro atoms. The van der Waals surface area contributed by atoms with E-state index in [4.69, 9.17) is 4.74 Å². The Hall–Kier alpha value is -1.80. The summed E-state index contributed by atoms with van der Waals surface area (Å²) in [7, 11) is 0. The molecule has 0 atom stereocenters. The molecule has 2 nitrogen and oxygen atoms in total. The van der Waals surface area contributed by atoms with E-state index in [1.165, 1.54) is 49.9 Å². The smallest absolute Gasteiger partial charge is 0.137 e. The molecule has 0 saturated carbocycles. The highest BCUT2D eigenvalue weighted by Gasteiger charge is 2.11. The van der Waals surface area contributed by atoms with Crippen molar-refractivity contribution >= 4 is 0 Å². The molecule has 2 aromatic carbocycles. The first kappa shape index (κ1) is 15.1. The van der Waals surface area contributed by atoms with Crippen LogP contribution in [0.15, 0.2) is 54.6 Å². The molecule has 0 bridgehead atoms. The van der Waals surface area contributed by atoms with Gasteiger partial charge in [-0.3, -0.25) is 0 Å². The molecule has 22 heavy (non-hydrogen) atoms. The van der Waals surface area contributed by atoms with Crippen LogP contribution in [0, 0.1) is 0 Å². The van der Waals surface area contributed by atoms with E-state index in [1.54, 1.807) is 4.90 Å². The summed E-state index contributed by atoms with van der Waals surface area (Å²) >= 11 is 0. The summed E-state index contributed by atoms with van der Waals surface area (Å²) in [5.41, 5.74) is 2.49. The molecule has 3 rings (SSSR count). The summed E-state index contributed by atoms with van der Waals surface area (Å²) in [6.07, 6.45) is 5.57. The van der Waals surface area contributed by atoms with Crippen molar-refractivity contribution in [1.29, 1.82) is 0 Å². The van der Waals surface area contributed by atoms with Gasteiger partial charge >= 0.3 is 0 Å². The lowest BCUT2D eigenvalue weighted by molar-refractivity contribution is -0.899. The van der Waals surface area contributed by atoms with E-state index in [2.05, 4.69) is 48.5 Å². The van der Waals surface area contributed by atoms with Gasteiger partial charge in [-0.05, 0) is 48.9 Å². The number of rotatable bonds is 5. The van der Waals surface area contributed by atoms with E-state index in [0.29, 0.717) is 0 Å². The Labute approximate surface area is 133 Å². The molecule has 0 radical (unpaired) electrons. The van der Waals surface area contributed by atoms with Crippen LogP contribution in [-0.2, 0) is 0 Å². The van der Waals surface area contributed by atoms with Gasteiger partial charge in [0, 0.05) is 0 Å².